The molecule has 0 aromatic carbocycles. The predicted molar refractivity (Wildman–Crippen MR) is 59.1 cm³/mol. The molecular formula is C12H20O2. The van der Waals surface area contributed by atoms with Crippen LogP contribution in [0.1, 0.15) is 39.5 Å². The Kier molecular flexibility index (Phi) is 9.28. The molecule has 80 valence electrons. The lowest BCUT2D eigenvalue weighted by Crippen LogP contribution is -1.98. The number of allylic oxidation sites excluding steroid dienone is 3. The largest absolute Gasteiger partial charge is 0.463 e. The molecule has 0 aromatic heterocycles. The van der Waals surface area contributed by atoms with E-state index in [0.717, 1.165) is 6.42 Å². The van der Waals surface area contributed by atoms with Crippen molar-refractivity contribution in [1.29, 1.82) is 0 Å². The van der Waals surface area contributed by atoms with Crippen LogP contribution in [0, 0.1) is 0 Å². The smallest absolute Gasteiger partial charge is 0.330 e. The molecular weight excluding hydrogens is 176 g/mol. The van der Waals surface area contributed by atoms with Gasteiger partial charge < -0.3 is 4.74 Å². The highest BCUT2D eigenvalue weighted by Crippen LogP contribution is 1.99. The summed E-state index contributed by atoms with van der Waals surface area (Å²) in [6.07, 6.45) is 12.0. The van der Waals surface area contributed by atoms with E-state index < -0.39 is 0 Å². The minimum Gasteiger partial charge on any atom is -0.463 e. The van der Waals surface area contributed by atoms with Gasteiger partial charge in [-0.2, -0.15) is 0 Å². The van der Waals surface area contributed by atoms with Gasteiger partial charge in [-0.1, -0.05) is 38.0 Å². The SMILES string of the molecule is CCCCCC=CC=CC(=O)OCC. The maximum absolute atomic E-state index is 10.8. The second-order valence-electron chi connectivity index (χ2n) is 3.04. The molecule has 0 bridgehead atoms. The Morgan fingerprint density at radius 1 is 1.21 bits per heavy atom. The zero-order valence-corrected chi connectivity index (χ0v) is 9.16. The van der Waals surface area contributed by atoms with Gasteiger partial charge in [-0.25, -0.2) is 4.79 Å². The van der Waals surface area contributed by atoms with Gasteiger partial charge in [0.2, 0.25) is 0 Å². The van der Waals surface area contributed by atoms with E-state index in [9.17, 15) is 4.79 Å². The van der Waals surface area contributed by atoms with Gasteiger partial charge in [0.15, 0.2) is 0 Å². The quantitative estimate of drug-likeness (QED) is 0.270. The van der Waals surface area contributed by atoms with Crippen LogP contribution in [0.2, 0.25) is 0 Å². The van der Waals surface area contributed by atoms with Gasteiger partial charge in [0.25, 0.3) is 0 Å². The molecule has 0 aliphatic carbocycles. The predicted octanol–water partition coefficient (Wildman–Crippen LogP) is 3.24. The fourth-order valence-electron chi connectivity index (χ4n) is 1.01. The summed E-state index contributed by atoms with van der Waals surface area (Å²) < 4.78 is 4.73. The van der Waals surface area contributed by atoms with Gasteiger partial charge >= 0.3 is 5.97 Å². The van der Waals surface area contributed by atoms with Crippen molar-refractivity contribution in [3.63, 3.8) is 0 Å². The summed E-state index contributed by atoms with van der Waals surface area (Å²) in [7, 11) is 0. The van der Waals surface area contributed by atoms with Gasteiger partial charge in [-0.05, 0) is 19.8 Å². The number of ether oxygens (including phenoxy) is 1. The number of hydrogen-bond acceptors (Lipinski definition) is 2. The fourth-order valence-corrected chi connectivity index (χ4v) is 1.01. The summed E-state index contributed by atoms with van der Waals surface area (Å²) in [5, 5.41) is 0. The molecule has 2 heteroatoms. The first-order valence-electron chi connectivity index (χ1n) is 5.31. The minimum absolute atomic E-state index is 0.272. The maximum atomic E-state index is 10.8. The van der Waals surface area contributed by atoms with Gasteiger partial charge in [0, 0.05) is 6.08 Å². The summed E-state index contributed by atoms with van der Waals surface area (Å²) in [5.74, 6) is -0.272. The van der Waals surface area contributed by atoms with Crippen LogP contribution in [-0.4, -0.2) is 12.6 Å². The lowest BCUT2D eigenvalue weighted by molar-refractivity contribution is -0.137. The van der Waals surface area contributed by atoms with Crippen molar-refractivity contribution in [1.82, 2.24) is 0 Å². The second-order valence-corrected chi connectivity index (χ2v) is 3.04. The van der Waals surface area contributed by atoms with Crippen molar-refractivity contribution in [2.45, 2.75) is 39.5 Å². The Morgan fingerprint density at radius 2 is 2.00 bits per heavy atom. The van der Waals surface area contributed by atoms with E-state index in [4.69, 9.17) is 4.74 Å². The molecule has 0 aliphatic heterocycles. The first kappa shape index (κ1) is 12.9. The molecule has 0 saturated heterocycles. The molecule has 0 radical (unpaired) electrons. The molecule has 0 aromatic rings. The van der Waals surface area contributed by atoms with Gasteiger partial charge in [-0.3, -0.25) is 0 Å². The molecule has 0 unspecified atom stereocenters. The van der Waals surface area contributed by atoms with Crippen molar-refractivity contribution in [3.8, 4) is 0 Å². The highest BCUT2D eigenvalue weighted by atomic mass is 16.5. The average molecular weight is 196 g/mol. The molecule has 0 saturated carbocycles. The molecule has 0 aliphatic rings. The zero-order chi connectivity index (χ0) is 10.6. The molecule has 0 fully saturated rings. The highest BCUT2D eigenvalue weighted by Gasteiger charge is 1.89. The van der Waals surface area contributed by atoms with E-state index in [1.54, 1.807) is 13.0 Å². The molecule has 0 amide bonds. The third-order valence-electron chi connectivity index (χ3n) is 1.74. The first-order valence-corrected chi connectivity index (χ1v) is 5.31. The number of unbranched alkanes of at least 4 members (excludes halogenated alkanes) is 3. The van der Waals surface area contributed by atoms with Crippen LogP contribution in [-0.2, 0) is 9.53 Å². The van der Waals surface area contributed by atoms with Crippen LogP contribution < -0.4 is 0 Å². The standard InChI is InChI=1S/C12H20O2/c1-3-5-6-7-8-9-10-11-12(13)14-4-2/h8-11H,3-7H2,1-2H3. The van der Waals surface area contributed by atoms with E-state index in [-0.39, 0.29) is 5.97 Å². The van der Waals surface area contributed by atoms with Crippen LogP contribution in [0.25, 0.3) is 0 Å². The van der Waals surface area contributed by atoms with Gasteiger partial charge in [-0.15, -0.1) is 0 Å². The summed E-state index contributed by atoms with van der Waals surface area (Å²) in [5.41, 5.74) is 0. The Hall–Kier alpha value is -1.05. The summed E-state index contributed by atoms with van der Waals surface area (Å²) in [4.78, 5) is 10.8. The molecule has 0 N–H and O–H groups in total. The monoisotopic (exact) mass is 196 g/mol. The number of hydrogen-bond donors (Lipinski definition) is 0. The van der Waals surface area contributed by atoms with Crippen molar-refractivity contribution in [2.75, 3.05) is 6.61 Å². The number of carbonyl (C=O) groups excluding carboxylic acids is 1. The third-order valence-corrected chi connectivity index (χ3v) is 1.74. The Balaban J connectivity index is 3.45. The van der Waals surface area contributed by atoms with E-state index in [1.165, 1.54) is 25.3 Å². The first-order chi connectivity index (χ1) is 6.81. The maximum Gasteiger partial charge on any atom is 0.330 e. The van der Waals surface area contributed by atoms with Crippen LogP contribution in [0.5, 0.6) is 0 Å². The third kappa shape index (κ3) is 9.04. The number of rotatable bonds is 7. The van der Waals surface area contributed by atoms with E-state index in [0.29, 0.717) is 6.61 Å². The Morgan fingerprint density at radius 3 is 2.64 bits per heavy atom. The average Bonchev–Trinajstić information content (AvgIpc) is 2.17. The summed E-state index contributed by atoms with van der Waals surface area (Å²) >= 11 is 0. The van der Waals surface area contributed by atoms with Crippen LogP contribution in [0.15, 0.2) is 24.3 Å². The van der Waals surface area contributed by atoms with Crippen molar-refractivity contribution in [3.05, 3.63) is 24.3 Å². The number of esters is 1. The van der Waals surface area contributed by atoms with Gasteiger partial charge in [0.05, 0.1) is 6.61 Å². The summed E-state index contributed by atoms with van der Waals surface area (Å²) in [6, 6.07) is 0. The lowest BCUT2D eigenvalue weighted by Gasteiger charge is -1.92. The number of carbonyl (C=O) groups is 1. The van der Waals surface area contributed by atoms with Crippen LogP contribution in [0.3, 0.4) is 0 Å². The molecule has 0 heterocycles. The molecule has 0 spiro atoms. The molecule has 0 rings (SSSR count). The van der Waals surface area contributed by atoms with E-state index in [1.807, 2.05) is 6.08 Å². The Bertz CT molecular complexity index is 192. The van der Waals surface area contributed by atoms with Crippen LogP contribution in [0.4, 0.5) is 0 Å². The topological polar surface area (TPSA) is 26.3 Å². The van der Waals surface area contributed by atoms with E-state index in [2.05, 4.69) is 13.0 Å². The Labute approximate surface area is 86.6 Å². The highest BCUT2D eigenvalue weighted by molar-refractivity contribution is 5.82. The molecule has 2 nitrogen and oxygen atoms in total. The fraction of sp³-hybridized carbons (Fsp3) is 0.583. The second kappa shape index (κ2) is 10.0. The van der Waals surface area contributed by atoms with Crippen LogP contribution >= 0.6 is 0 Å². The van der Waals surface area contributed by atoms with Gasteiger partial charge in [0.1, 0.15) is 0 Å². The lowest BCUT2D eigenvalue weighted by atomic mass is 10.2. The van der Waals surface area contributed by atoms with Crippen molar-refractivity contribution >= 4 is 5.97 Å². The molecule has 0 atom stereocenters. The summed E-state index contributed by atoms with van der Waals surface area (Å²) in [6.45, 7) is 4.42. The minimum atomic E-state index is -0.272. The van der Waals surface area contributed by atoms with Crippen molar-refractivity contribution in [2.24, 2.45) is 0 Å². The van der Waals surface area contributed by atoms with E-state index >= 15 is 0 Å². The molecule has 14 heavy (non-hydrogen) atoms. The van der Waals surface area contributed by atoms with Crippen molar-refractivity contribution < 1.29 is 9.53 Å². The zero-order valence-electron chi connectivity index (χ0n) is 9.16. The normalized spacial score (nSPS) is 11.3.